The number of aldehydes is 1. The normalized spacial score (nSPS) is 29.3. The fourth-order valence-electron chi connectivity index (χ4n) is 0.854. The predicted octanol–water partition coefficient (Wildman–Crippen LogP) is 0.385. The van der Waals surface area contributed by atoms with Crippen LogP contribution in [-0.4, -0.2) is 18.9 Å². The molecular weight excluding hydrogens is 132 g/mol. The lowest BCUT2D eigenvalue weighted by atomic mass is 10.3. The van der Waals surface area contributed by atoms with Crippen LogP contribution in [0.2, 0.25) is 0 Å². The van der Waals surface area contributed by atoms with Gasteiger partial charge in [0, 0.05) is 18.8 Å². The molecule has 0 N–H and O–H groups in total. The van der Waals surface area contributed by atoms with Crippen molar-refractivity contribution in [3.05, 3.63) is 0 Å². The van der Waals surface area contributed by atoms with Crippen molar-refractivity contribution in [2.45, 2.75) is 13.3 Å². The second kappa shape index (κ2) is 2.82. The minimum atomic E-state index is -0.267. The van der Waals surface area contributed by atoms with Crippen LogP contribution < -0.4 is 0 Å². The van der Waals surface area contributed by atoms with E-state index in [4.69, 9.17) is 4.74 Å². The molecular formula is C7H10O3. The van der Waals surface area contributed by atoms with Crippen LogP contribution in [0.3, 0.4) is 0 Å². The van der Waals surface area contributed by atoms with Crippen molar-refractivity contribution in [1.29, 1.82) is 0 Å². The monoisotopic (exact) mass is 142 g/mol. The molecule has 3 heteroatoms. The zero-order valence-electron chi connectivity index (χ0n) is 5.87. The van der Waals surface area contributed by atoms with Gasteiger partial charge in [0.1, 0.15) is 6.29 Å². The Kier molecular flexibility index (Phi) is 2.04. The average Bonchev–Trinajstić information content (AvgIpc) is 2.61. The van der Waals surface area contributed by atoms with Crippen molar-refractivity contribution >= 4 is 12.3 Å². The van der Waals surface area contributed by atoms with Gasteiger partial charge in [-0.2, -0.15) is 0 Å². The van der Waals surface area contributed by atoms with Gasteiger partial charge in [0.05, 0.1) is 6.61 Å². The van der Waals surface area contributed by atoms with E-state index in [1.165, 1.54) is 6.92 Å². The van der Waals surface area contributed by atoms with Crippen LogP contribution in [0.1, 0.15) is 13.3 Å². The van der Waals surface area contributed by atoms with Gasteiger partial charge in [-0.25, -0.2) is 0 Å². The molecule has 0 spiro atoms. The lowest BCUT2D eigenvalue weighted by Crippen LogP contribution is -2.03. The summed E-state index contributed by atoms with van der Waals surface area (Å²) in [6.45, 7) is 1.79. The lowest BCUT2D eigenvalue weighted by molar-refractivity contribution is -0.141. The summed E-state index contributed by atoms with van der Waals surface area (Å²) in [6, 6.07) is 0. The summed E-state index contributed by atoms with van der Waals surface area (Å²) >= 11 is 0. The fourth-order valence-corrected chi connectivity index (χ4v) is 0.854. The number of rotatable bonds is 3. The number of carbonyl (C=O) groups excluding carboxylic acids is 2. The minimum Gasteiger partial charge on any atom is -0.466 e. The summed E-state index contributed by atoms with van der Waals surface area (Å²) in [4.78, 5) is 20.3. The molecule has 1 aliphatic carbocycles. The van der Waals surface area contributed by atoms with Crippen LogP contribution in [-0.2, 0) is 14.3 Å². The molecule has 10 heavy (non-hydrogen) atoms. The SMILES string of the molecule is CC(=O)OC[C@H]1C[C@H]1C=O. The highest BCUT2D eigenvalue weighted by molar-refractivity contribution is 5.66. The maximum absolute atomic E-state index is 10.3. The summed E-state index contributed by atoms with van der Waals surface area (Å²) in [5, 5.41) is 0. The first kappa shape index (κ1) is 7.25. The van der Waals surface area contributed by atoms with Gasteiger partial charge < -0.3 is 9.53 Å². The highest BCUT2D eigenvalue weighted by Gasteiger charge is 2.37. The van der Waals surface area contributed by atoms with Crippen LogP contribution in [0, 0.1) is 11.8 Å². The van der Waals surface area contributed by atoms with Gasteiger partial charge in [0.15, 0.2) is 0 Å². The Bertz CT molecular complexity index is 153. The number of hydrogen-bond donors (Lipinski definition) is 0. The van der Waals surface area contributed by atoms with E-state index in [1.54, 1.807) is 0 Å². The highest BCUT2D eigenvalue weighted by Crippen LogP contribution is 2.36. The lowest BCUT2D eigenvalue weighted by Gasteiger charge is -1.96. The maximum Gasteiger partial charge on any atom is 0.302 e. The summed E-state index contributed by atoms with van der Waals surface area (Å²) in [7, 11) is 0. The Hall–Kier alpha value is -0.860. The Morgan fingerprint density at radius 1 is 1.80 bits per heavy atom. The smallest absolute Gasteiger partial charge is 0.302 e. The van der Waals surface area contributed by atoms with E-state index in [9.17, 15) is 9.59 Å². The van der Waals surface area contributed by atoms with Crippen molar-refractivity contribution in [1.82, 2.24) is 0 Å². The zero-order valence-corrected chi connectivity index (χ0v) is 5.87. The number of hydrogen-bond acceptors (Lipinski definition) is 3. The average molecular weight is 142 g/mol. The largest absolute Gasteiger partial charge is 0.466 e. The Morgan fingerprint density at radius 2 is 2.50 bits per heavy atom. The third-order valence-electron chi connectivity index (χ3n) is 1.65. The molecule has 0 bridgehead atoms. The van der Waals surface area contributed by atoms with Gasteiger partial charge in [0.2, 0.25) is 0 Å². The third-order valence-corrected chi connectivity index (χ3v) is 1.65. The molecule has 0 aliphatic heterocycles. The zero-order chi connectivity index (χ0) is 7.56. The van der Waals surface area contributed by atoms with Crippen molar-refractivity contribution in [3.63, 3.8) is 0 Å². The van der Waals surface area contributed by atoms with Gasteiger partial charge in [-0.1, -0.05) is 0 Å². The molecule has 0 radical (unpaired) electrons. The predicted molar refractivity (Wildman–Crippen MR) is 34.3 cm³/mol. The fraction of sp³-hybridized carbons (Fsp3) is 0.714. The Balaban J connectivity index is 2.07. The van der Waals surface area contributed by atoms with Crippen molar-refractivity contribution in [2.24, 2.45) is 11.8 Å². The molecule has 1 rings (SSSR count). The first-order chi connectivity index (χ1) is 4.74. The molecule has 1 aliphatic rings. The summed E-state index contributed by atoms with van der Waals surface area (Å²) in [5.74, 6) is 0.192. The summed E-state index contributed by atoms with van der Waals surface area (Å²) in [5.41, 5.74) is 0. The molecule has 3 nitrogen and oxygen atoms in total. The van der Waals surface area contributed by atoms with Gasteiger partial charge in [-0.3, -0.25) is 4.79 Å². The number of carbonyl (C=O) groups is 2. The van der Waals surface area contributed by atoms with Crippen LogP contribution >= 0.6 is 0 Å². The van der Waals surface area contributed by atoms with Crippen LogP contribution in [0.15, 0.2) is 0 Å². The first-order valence-electron chi connectivity index (χ1n) is 3.32. The molecule has 2 atom stereocenters. The van der Waals surface area contributed by atoms with E-state index < -0.39 is 0 Å². The molecule has 0 aromatic rings. The molecule has 0 heterocycles. The minimum absolute atomic E-state index is 0.152. The van der Waals surface area contributed by atoms with E-state index in [-0.39, 0.29) is 11.9 Å². The highest BCUT2D eigenvalue weighted by atomic mass is 16.5. The Labute approximate surface area is 59.4 Å². The first-order valence-corrected chi connectivity index (χ1v) is 3.32. The maximum atomic E-state index is 10.3. The second-order valence-corrected chi connectivity index (χ2v) is 2.60. The second-order valence-electron chi connectivity index (χ2n) is 2.60. The molecule has 0 aromatic carbocycles. The topological polar surface area (TPSA) is 43.4 Å². The van der Waals surface area contributed by atoms with Crippen LogP contribution in [0.4, 0.5) is 0 Å². The standard InChI is InChI=1S/C7H10O3/c1-5(9)10-4-7-2-6(7)3-8/h3,6-7H,2,4H2,1H3/t6-,7+/m0/s1. The van der Waals surface area contributed by atoms with Gasteiger partial charge in [-0.05, 0) is 6.42 Å². The van der Waals surface area contributed by atoms with E-state index >= 15 is 0 Å². The quantitative estimate of drug-likeness (QED) is 0.422. The van der Waals surface area contributed by atoms with Crippen LogP contribution in [0.5, 0.6) is 0 Å². The molecule has 1 fully saturated rings. The van der Waals surface area contributed by atoms with Crippen molar-refractivity contribution in [2.75, 3.05) is 6.61 Å². The van der Waals surface area contributed by atoms with E-state index in [0.29, 0.717) is 12.5 Å². The van der Waals surface area contributed by atoms with E-state index in [0.717, 1.165) is 12.7 Å². The third kappa shape index (κ3) is 1.83. The molecule has 56 valence electrons. The molecule has 0 unspecified atom stereocenters. The number of esters is 1. The molecule has 1 saturated carbocycles. The molecule has 0 amide bonds. The Morgan fingerprint density at radius 3 is 2.90 bits per heavy atom. The van der Waals surface area contributed by atoms with Crippen molar-refractivity contribution < 1.29 is 14.3 Å². The van der Waals surface area contributed by atoms with Gasteiger partial charge >= 0.3 is 5.97 Å². The van der Waals surface area contributed by atoms with Crippen LogP contribution in [0.25, 0.3) is 0 Å². The summed E-state index contributed by atoms with van der Waals surface area (Å²) < 4.78 is 4.70. The molecule has 0 aromatic heterocycles. The van der Waals surface area contributed by atoms with E-state index in [2.05, 4.69) is 0 Å². The van der Waals surface area contributed by atoms with Gasteiger partial charge in [0.25, 0.3) is 0 Å². The molecule has 0 saturated heterocycles. The van der Waals surface area contributed by atoms with E-state index in [1.807, 2.05) is 0 Å². The summed E-state index contributed by atoms with van der Waals surface area (Å²) in [6.07, 6.45) is 1.81. The van der Waals surface area contributed by atoms with Crippen molar-refractivity contribution in [3.8, 4) is 0 Å². The number of ether oxygens (including phenoxy) is 1. The van der Waals surface area contributed by atoms with Gasteiger partial charge in [-0.15, -0.1) is 0 Å².